The third-order valence-electron chi connectivity index (χ3n) is 1.75. The molecule has 1 aromatic rings. The smallest absolute Gasteiger partial charge is 0.320 e. The molecule has 7 heteroatoms. The second-order valence-corrected chi connectivity index (χ2v) is 4.34. The molecule has 0 aliphatic rings. The Morgan fingerprint density at radius 2 is 2.31 bits per heavy atom. The van der Waals surface area contributed by atoms with E-state index in [1.807, 2.05) is 22.6 Å². The van der Waals surface area contributed by atoms with Crippen molar-refractivity contribution < 1.29 is 14.3 Å². The van der Waals surface area contributed by atoms with Gasteiger partial charge in [0.1, 0.15) is 3.92 Å². The molecular weight excluding hydrogens is 325 g/mol. The van der Waals surface area contributed by atoms with Crippen molar-refractivity contribution in [1.82, 2.24) is 15.5 Å². The van der Waals surface area contributed by atoms with Crippen LogP contribution in [0.3, 0.4) is 0 Å². The van der Waals surface area contributed by atoms with Gasteiger partial charge in [0.15, 0.2) is 0 Å². The average Bonchev–Trinajstić information content (AvgIpc) is 2.35. The molecule has 1 atom stereocenters. The minimum atomic E-state index is -0.402. The van der Waals surface area contributed by atoms with Gasteiger partial charge in [0.05, 0.1) is 25.1 Å². The Hall–Kier alpha value is -1.25. The zero-order valence-corrected chi connectivity index (χ0v) is 10.7. The number of ether oxygens (including phenoxy) is 1. The highest BCUT2D eigenvalue weighted by Gasteiger charge is 2.16. The molecule has 0 radical (unpaired) electrons. The van der Waals surface area contributed by atoms with Gasteiger partial charge in [-0.15, -0.1) is 0 Å². The highest BCUT2D eigenvalue weighted by atomic mass is 127. The summed E-state index contributed by atoms with van der Waals surface area (Å²) in [6.07, 6.45) is 2.78. The number of nitrogens with zero attached hydrogens (tertiary/aromatic N) is 2. The van der Waals surface area contributed by atoms with Crippen molar-refractivity contribution in [3.8, 4) is 0 Å². The highest BCUT2D eigenvalue weighted by Crippen LogP contribution is 2.02. The summed E-state index contributed by atoms with van der Waals surface area (Å²) in [5.41, 5.74) is 0.406. The van der Waals surface area contributed by atoms with E-state index in [0.717, 1.165) is 0 Å². The zero-order chi connectivity index (χ0) is 12.0. The van der Waals surface area contributed by atoms with Gasteiger partial charge in [0.25, 0.3) is 5.91 Å². The summed E-state index contributed by atoms with van der Waals surface area (Å²) in [7, 11) is 1.31. The van der Waals surface area contributed by atoms with Crippen LogP contribution in [-0.2, 0) is 9.53 Å². The predicted octanol–water partition coefficient (Wildman–Crippen LogP) is 0.183. The van der Waals surface area contributed by atoms with Crippen molar-refractivity contribution in [3.63, 3.8) is 0 Å². The zero-order valence-electron chi connectivity index (χ0n) is 8.51. The summed E-state index contributed by atoms with van der Waals surface area (Å²) >= 11 is 1.90. The SMILES string of the molecule is COC(=O)C(I)CNC(=O)c1ccnnc1. The summed E-state index contributed by atoms with van der Waals surface area (Å²) in [6.45, 7) is 0.217. The molecule has 0 saturated carbocycles. The maximum Gasteiger partial charge on any atom is 0.320 e. The number of nitrogens with one attached hydrogen (secondary N) is 1. The molecule has 0 saturated heterocycles. The molecule has 1 heterocycles. The van der Waals surface area contributed by atoms with Crippen LogP contribution >= 0.6 is 22.6 Å². The quantitative estimate of drug-likeness (QED) is 0.482. The average molecular weight is 335 g/mol. The summed E-state index contributed by atoms with van der Waals surface area (Å²) < 4.78 is 4.13. The van der Waals surface area contributed by atoms with Gasteiger partial charge < -0.3 is 10.1 Å². The van der Waals surface area contributed by atoms with Crippen molar-refractivity contribution in [2.24, 2.45) is 0 Å². The van der Waals surface area contributed by atoms with E-state index < -0.39 is 3.92 Å². The summed E-state index contributed by atoms with van der Waals surface area (Å²) in [5.74, 6) is -0.658. The van der Waals surface area contributed by atoms with E-state index >= 15 is 0 Å². The molecule has 1 unspecified atom stereocenters. The molecule has 1 amide bonds. The lowest BCUT2D eigenvalue weighted by Crippen LogP contribution is -2.33. The van der Waals surface area contributed by atoms with Gasteiger partial charge in [-0.25, -0.2) is 0 Å². The van der Waals surface area contributed by atoms with Crippen molar-refractivity contribution in [1.29, 1.82) is 0 Å². The number of carbonyl (C=O) groups is 2. The van der Waals surface area contributed by atoms with Crippen LogP contribution in [-0.4, -0.2) is 39.7 Å². The molecule has 0 aliphatic heterocycles. The van der Waals surface area contributed by atoms with E-state index in [9.17, 15) is 9.59 Å². The van der Waals surface area contributed by atoms with Gasteiger partial charge in [-0.3, -0.25) is 9.59 Å². The normalized spacial score (nSPS) is 11.6. The predicted molar refractivity (Wildman–Crippen MR) is 64.2 cm³/mol. The highest BCUT2D eigenvalue weighted by molar-refractivity contribution is 14.1. The number of aromatic nitrogens is 2. The topological polar surface area (TPSA) is 81.2 Å². The van der Waals surface area contributed by atoms with E-state index in [1.165, 1.54) is 19.5 Å². The number of esters is 1. The molecule has 1 N–H and O–H groups in total. The number of alkyl halides is 1. The van der Waals surface area contributed by atoms with Crippen LogP contribution in [0.1, 0.15) is 10.4 Å². The van der Waals surface area contributed by atoms with Crippen LogP contribution in [0.4, 0.5) is 0 Å². The first kappa shape index (κ1) is 12.8. The molecule has 86 valence electrons. The third kappa shape index (κ3) is 3.72. The summed E-state index contributed by atoms with van der Waals surface area (Å²) in [4.78, 5) is 22.6. The molecule has 16 heavy (non-hydrogen) atoms. The molecule has 0 aliphatic carbocycles. The largest absolute Gasteiger partial charge is 0.468 e. The molecular formula is C9H10IN3O3. The van der Waals surface area contributed by atoms with Crippen LogP contribution < -0.4 is 5.32 Å². The standard InChI is InChI=1S/C9H10IN3O3/c1-16-9(15)7(10)5-11-8(14)6-2-3-12-13-4-6/h2-4,7H,5H2,1H3,(H,11,14). The Kier molecular flexibility index (Phi) is 5.09. The molecule has 6 nitrogen and oxygen atoms in total. The number of methoxy groups -OCH3 is 1. The molecule has 0 aromatic carbocycles. The first-order valence-corrected chi connectivity index (χ1v) is 5.66. The van der Waals surface area contributed by atoms with Crippen LogP contribution in [0.15, 0.2) is 18.5 Å². The van der Waals surface area contributed by atoms with E-state index in [2.05, 4.69) is 20.3 Å². The fourth-order valence-corrected chi connectivity index (χ4v) is 1.40. The van der Waals surface area contributed by atoms with Gasteiger partial charge in [0.2, 0.25) is 0 Å². The first-order chi connectivity index (χ1) is 7.65. The van der Waals surface area contributed by atoms with E-state index in [4.69, 9.17) is 0 Å². The lowest BCUT2D eigenvalue weighted by atomic mass is 10.3. The lowest BCUT2D eigenvalue weighted by Gasteiger charge is -2.08. The van der Waals surface area contributed by atoms with E-state index in [-0.39, 0.29) is 18.4 Å². The minimum absolute atomic E-state index is 0.217. The fraction of sp³-hybridized carbons (Fsp3) is 0.333. The second-order valence-electron chi connectivity index (χ2n) is 2.83. The Morgan fingerprint density at radius 3 is 2.88 bits per heavy atom. The number of rotatable bonds is 4. The number of amides is 1. The summed E-state index contributed by atoms with van der Waals surface area (Å²) in [6, 6.07) is 1.54. The third-order valence-corrected chi connectivity index (χ3v) is 2.69. The maximum absolute atomic E-state index is 11.5. The number of carbonyl (C=O) groups excluding carboxylic acids is 2. The minimum Gasteiger partial charge on any atom is -0.468 e. The van der Waals surface area contributed by atoms with Crippen LogP contribution in [0.25, 0.3) is 0 Å². The van der Waals surface area contributed by atoms with Gasteiger partial charge in [-0.1, -0.05) is 22.6 Å². The monoisotopic (exact) mass is 335 g/mol. The van der Waals surface area contributed by atoms with Gasteiger partial charge >= 0.3 is 5.97 Å². The number of halogens is 1. The second kappa shape index (κ2) is 6.36. The summed E-state index contributed by atoms with van der Waals surface area (Å²) in [5, 5.41) is 9.74. The Labute approximate surface area is 106 Å². The van der Waals surface area contributed by atoms with Gasteiger partial charge in [-0.2, -0.15) is 10.2 Å². The fourth-order valence-electron chi connectivity index (χ4n) is 0.921. The van der Waals surface area contributed by atoms with Crippen LogP contribution in [0, 0.1) is 0 Å². The van der Waals surface area contributed by atoms with Gasteiger partial charge in [0, 0.05) is 6.54 Å². The van der Waals surface area contributed by atoms with Crippen LogP contribution in [0.2, 0.25) is 0 Å². The van der Waals surface area contributed by atoms with Crippen molar-refractivity contribution in [2.45, 2.75) is 3.92 Å². The van der Waals surface area contributed by atoms with Crippen molar-refractivity contribution in [2.75, 3.05) is 13.7 Å². The van der Waals surface area contributed by atoms with Crippen LogP contribution in [0.5, 0.6) is 0 Å². The molecule has 1 rings (SSSR count). The molecule has 0 fully saturated rings. The molecule has 0 bridgehead atoms. The van der Waals surface area contributed by atoms with Crippen molar-refractivity contribution in [3.05, 3.63) is 24.0 Å². The molecule has 0 spiro atoms. The Balaban J connectivity index is 2.45. The maximum atomic E-state index is 11.5. The van der Waals surface area contributed by atoms with Gasteiger partial charge in [-0.05, 0) is 6.07 Å². The lowest BCUT2D eigenvalue weighted by molar-refractivity contribution is -0.139. The van der Waals surface area contributed by atoms with E-state index in [1.54, 1.807) is 6.07 Å². The first-order valence-electron chi connectivity index (χ1n) is 4.42. The molecule has 1 aromatic heterocycles. The Morgan fingerprint density at radius 1 is 1.56 bits per heavy atom. The number of hydrogen-bond donors (Lipinski definition) is 1. The number of hydrogen-bond acceptors (Lipinski definition) is 5. The van der Waals surface area contributed by atoms with Crippen molar-refractivity contribution >= 4 is 34.5 Å². The Bertz CT molecular complexity index is 372. The van der Waals surface area contributed by atoms with E-state index in [0.29, 0.717) is 5.56 Å².